The zero-order chi connectivity index (χ0) is 14.9. The number of carbonyl (C=O) groups excluding carboxylic acids is 1. The third-order valence-electron chi connectivity index (χ3n) is 2.92. The summed E-state index contributed by atoms with van der Waals surface area (Å²) in [6, 6.07) is 4.56. The number of ether oxygens (including phenoxy) is 1. The van der Waals surface area contributed by atoms with Crippen LogP contribution in [0.25, 0.3) is 0 Å². The molecule has 1 aromatic rings. The number of likely N-dealkylation sites (tertiary alicyclic amines) is 1. The van der Waals surface area contributed by atoms with Gasteiger partial charge in [0.25, 0.3) is 5.91 Å². The molecule has 1 fully saturated rings. The van der Waals surface area contributed by atoms with Crippen molar-refractivity contribution in [3.63, 3.8) is 0 Å². The van der Waals surface area contributed by atoms with E-state index < -0.39 is 12.8 Å². The van der Waals surface area contributed by atoms with Gasteiger partial charge in [-0.1, -0.05) is 6.92 Å². The molecule has 110 valence electrons. The van der Waals surface area contributed by atoms with Gasteiger partial charge in [0.15, 0.2) is 6.61 Å². The van der Waals surface area contributed by atoms with Crippen molar-refractivity contribution in [1.82, 2.24) is 4.90 Å². The molecule has 2 rings (SSSR count). The van der Waals surface area contributed by atoms with Gasteiger partial charge in [0.05, 0.1) is 3.57 Å². The zero-order valence-electron chi connectivity index (χ0n) is 10.7. The second kappa shape index (κ2) is 5.79. The third-order valence-corrected chi connectivity index (χ3v) is 3.81. The summed E-state index contributed by atoms with van der Waals surface area (Å²) in [5.74, 6) is 0.391. The quantitative estimate of drug-likeness (QED) is 0.731. The van der Waals surface area contributed by atoms with Gasteiger partial charge in [0, 0.05) is 18.7 Å². The van der Waals surface area contributed by atoms with Crippen molar-refractivity contribution in [1.29, 1.82) is 0 Å². The van der Waals surface area contributed by atoms with E-state index in [2.05, 4.69) is 0 Å². The molecule has 0 atom stereocenters. The number of nitrogens with zero attached hydrogens (tertiary/aromatic N) is 1. The number of hydrogen-bond acceptors (Lipinski definition) is 2. The highest BCUT2D eigenvalue weighted by molar-refractivity contribution is 14.1. The monoisotopic (exact) mass is 399 g/mol. The van der Waals surface area contributed by atoms with Crippen LogP contribution < -0.4 is 4.74 Å². The minimum absolute atomic E-state index is 0.0855. The van der Waals surface area contributed by atoms with Crippen LogP contribution in [0.3, 0.4) is 0 Å². The highest BCUT2D eigenvalue weighted by Crippen LogP contribution is 2.27. The smallest absolute Gasteiger partial charge is 0.422 e. The molecule has 1 aromatic carbocycles. The summed E-state index contributed by atoms with van der Waals surface area (Å²) in [7, 11) is 0. The van der Waals surface area contributed by atoms with Gasteiger partial charge in [-0.2, -0.15) is 13.2 Å². The summed E-state index contributed by atoms with van der Waals surface area (Å²) in [4.78, 5) is 13.7. The lowest BCUT2D eigenvalue weighted by atomic mass is 10.0. The summed E-state index contributed by atoms with van der Waals surface area (Å²) >= 11 is 1.88. The molecule has 1 aliphatic heterocycles. The van der Waals surface area contributed by atoms with E-state index in [1.807, 2.05) is 29.5 Å². The van der Waals surface area contributed by atoms with Crippen LogP contribution in [-0.2, 0) is 0 Å². The molecule has 0 aliphatic carbocycles. The molecule has 3 nitrogen and oxygen atoms in total. The lowest BCUT2D eigenvalue weighted by Crippen LogP contribution is -2.48. The fourth-order valence-corrected chi connectivity index (χ4v) is 2.45. The molecule has 1 amide bonds. The van der Waals surface area contributed by atoms with Gasteiger partial charge in [0.1, 0.15) is 5.75 Å². The Morgan fingerprint density at radius 3 is 2.65 bits per heavy atom. The van der Waals surface area contributed by atoms with Crippen molar-refractivity contribution < 1.29 is 22.7 Å². The van der Waals surface area contributed by atoms with Crippen molar-refractivity contribution in [3.8, 4) is 5.75 Å². The molecular formula is C13H13F3INO2. The molecule has 0 aromatic heterocycles. The number of benzene rings is 1. The van der Waals surface area contributed by atoms with Crippen LogP contribution in [0.15, 0.2) is 18.2 Å². The standard InChI is InChI=1S/C13H13F3INO2/c1-8-5-18(6-8)12(19)9-2-3-10(17)11(4-9)20-7-13(14,15)16/h2-4,8H,5-7H2,1H3. The van der Waals surface area contributed by atoms with Crippen molar-refractivity contribution >= 4 is 28.5 Å². The molecule has 1 heterocycles. The molecule has 0 N–H and O–H groups in total. The van der Waals surface area contributed by atoms with Crippen molar-refractivity contribution in [3.05, 3.63) is 27.3 Å². The van der Waals surface area contributed by atoms with Crippen LogP contribution >= 0.6 is 22.6 Å². The number of alkyl halides is 3. The topological polar surface area (TPSA) is 29.5 Å². The van der Waals surface area contributed by atoms with Crippen LogP contribution in [0.2, 0.25) is 0 Å². The first kappa shape index (κ1) is 15.4. The zero-order valence-corrected chi connectivity index (χ0v) is 12.9. The number of rotatable bonds is 3. The number of halogens is 4. The molecule has 1 aliphatic rings. The van der Waals surface area contributed by atoms with Crippen molar-refractivity contribution in [2.45, 2.75) is 13.1 Å². The highest BCUT2D eigenvalue weighted by atomic mass is 127. The van der Waals surface area contributed by atoms with Gasteiger partial charge in [-0.25, -0.2) is 0 Å². The average molecular weight is 399 g/mol. The SMILES string of the molecule is CC1CN(C(=O)c2ccc(I)c(OCC(F)(F)F)c2)C1. The molecule has 0 unspecified atom stereocenters. The Labute approximate surface area is 128 Å². The van der Waals surface area contributed by atoms with Crippen LogP contribution in [-0.4, -0.2) is 36.7 Å². The summed E-state index contributed by atoms with van der Waals surface area (Å²) in [5.41, 5.74) is 0.356. The normalized spacial score (nSPS) is 15.9. The first-order valence-electron chi connectivity index (χ1n) is 6.04. The first-order valence-corrected chi connectivity index (χ1v) is 7.12. The molecule has 0 saturated carbocycles. The number of hydrogen-bond donors (Lipinski definition) is 0. The van der Waals surface area contributed by atoms with E-state index in [9.17, 15) is 18.0 Å². The Hall–Kier alpha value is -0.990. The second-order valence-corrected chi connectivity index (χ2v) is 6.03. The van der Waals surface area contributed by atoms with E-state index in [4.69, 9.17) is 4.74 Å². The molecule has 1 saturated heterocycles. The molecule has 20 heavy (non-hydrogen) atoms. The Morgan fingerprint density at radius 2 is 2.10 bits per heavy atom. The lowest BCUT2D eigenvalue weighted by Gasteiger charge is -2.37. The largest absolute Gasteiger partial charge is 0.483 e. The van der Waals surface area contributed by atoms with E-state index in [0.717, 1.165) is 0 Å². The van der Waals surface area contributed by atoms with E-state index in [0.29, 0.717) is 28.1 Å². The Balaban J connectivity index is 2.10. The molecule has 0 bridgehead atoms. The Morgan fingerprint density at radius 1 is 1.45 bits per heavy atom. The average Bonchev–Trinajstić information content (AvgIpc) is 2.32. The maximum absolute atomic E-state index is 12.2. The summed E-state index contributed by atoms with van der Waals surface area (Å²) in [6.07, 6.45) is -4.39. The fourth-order valence-electron chi connectivity index (χ4n) is 1.95. The number of carbonyl (C=O) groups is 1. The minimum Gasteiger partial charge on any atom is -0.483 e. The predicted molar refractivity (Wildman–Crippen MR) is 75.8 cm³/mol. The third kappa shape index (κ3) is 3.77. The summed E-state index contributed by atoms with van der Waals surface area (Å²) in [6.45, 7) is 2.05. The Kier molecular flexibility index (Phi) is 4.46. The fraction of sp³-hybridized carbons (Fsp3) is 0.462. The lowest BCUT2D eigenvalue weighted by molar-refractivity contribution is -0.153. The molecule has 0 radical (unpaired) electrons. The van der Waals surface area contributed by atoms with Crippen LogP contribution in [0.1, 0.15) is 17.3 Å². The van der Waals surface area contributed by atoms with E-state index in [1.54, 1.807) is 17.0 Å². The molecule has 7 heteroatoms. The maximum Gasteiger partial charge on any atom is 0.422 e. The predicted octanol–water partition coefficient (Wildman–Crippen LogP) is 3.32. The van der Waals surface area contributed by atoms with Crippen LogP contribution in [0.5, 0.6) is 5.75 Å². The van der Waals surface area contributed by atoms with Gasteiger partial charge < -0.3 is 9.64 Å². The van der Waals surface area contributed by atoms with Gasteiger partial charge >= 0.3 is 6.18 Å². The van der Waals surface area contributed by atoms with Gasteiger partial charge in [-0.3, -0.25) is 4.79 Å². The molecule has 0 spiro atoms. The highest BCUT2D eigenvalue weighted by Gasteiger charge is 2.30. The molecular weight excluding hydrogens is 386 g/mol. The van der Waals surface area contributed by atoms with Gasteiger partial charge in [-0.05, 0) is 46.7 Å². The summed E-state index contributed by atoms with van der Waals surface area (Å²) in [5, 5.41) is 0. The maximum atomic E-state index is 12.2. The summed E-state index contributed by atoms with van der Waals surface area (Å²) < 4.78 is 41.8. The minimum atomic E-state index is -4.39. The van der Waals surface area contributed by atoms with Gasteiger partial charge in [-0.15, -0.1) is 0 Å². The number of amides is 1. The van der Waals surface area contributed by atoms with E-state index >= 15 is 0 Å². The van der Waals surface area contributed by atoms with Crippen molar-refractivity contribution in [2.24, 2.45) is 5.92 Å². The first-order chi connectivity index (χ1) is 9.26. The van der Waals surface area contributed by atoms with Crippen LogP contribution in [0.4, 0.5) is 13.2 Å². The van der Waals surface area contributed by atoms with Crippen LogP contribution in [0, 0.1) is 9.49 Å². The van der Waals surface area contributed by atoms with Gasteiger partial charge in [0.2, 0.25) is 0 Å². The van der Waals surface area contributed by atoms with E-state index in [1.165, 1.54) is 6.07 Å². The second-order valence-electron chi connectivity index (χ2n) is 4.86. The Bertz CT molecular complexity index is 513. The van der Waals surface area contributed by atoms with Crippen molar-refractivity contribution in [2.75, 3.05) is 19.7 Å². The van der Waals surface area contributed by atoms with E-state index in [-0.39, 0.29) is 11.7 Å².